The number of carbonyl (C=O) groups is 1. The number of hydrogen-bond donors (Lipinski definition) is 1. The third kappa shape index (κ3) is 5.44. The summed E-state index contributed by atoms with van der Waals surface area (Å²) in [7, 11) is 3.02. The number of rotatable bonds is 8. The largest absolute Gasteiger partial charge is 0.495 e. The normalized spacial score (nSPS) is 10.9. The summed E-state index contributed by atoms with van der Waals surface area (Å²) in [4.78, 5) is 16.9. The van der Waals surface area contributed by atoms with Gasteiger partial charge in [0.2, 0.25) is 5.91 Å². The molecule has 2 aromatic carbocycles. The van der Waals surface area contributed by atoms with Crippen LogP contribution in [0.5, 0.6) is 11.5 Å². The summed E-state index contributed by atoms with van der Waals surface area (Å²) >= 11 is 6.21. The summed E-state index contributed by atoms with van der Waals surface area (Å²) in [5.41, 5.74) is 3.95. The molecule has 0 saturated heterocycles. The average Bonchev–Trinajstić information content (AvgIpc) is 3.26. The van der Waals surface area contributed by atoms with Crippen molar-refractivity contribution in [3.05, 3.63) is 95.4 Å². The maximum absolute atomic E-state index is 12.7. The molecule has 0 aliphatic heterocycles. The Bertz CT molecular complexity index is 1300. The van der Waals surface area contributed by atoms with Gasteiger partial charge in [0.1, 0.15) is 17.2 Å². The van der Waals surface area contributed by atoms with Gasteiger partial charge < -0.3 is 14.8 Å². The van der Waals surface area contributed by atoms with Crippen LogP contribution >= 0.6 is 11.6 Å². The van der Waals surface area contributed by atoms with Crippen molar-refractivity contribution in [2.75, 3.05) is 19.5 Å². The molecule has 1 amide bonds. The van der Waals surface area contributed by atoms with E-state index in [1.165, 1.54) is 20.3 Å². The molecule has 0 aliphatic carbocycles. The Hall–Kier alpha value is -4.10. The summed E-state index contributed by atoms with van der Waals surface area (Å²) in [6.07, 6.45) is 8.53. The number of aromatic nitrogens is 3. The predicted octanol–water partition coefficient (Wildman–Crippen LogP) is 5.32. The molecule has 34 heavy (non-hydrogen) atoms. The van der Waals surface area contributed by atoms with Crippen LogP contribution in [0.4, 0.5) is 5.69 Å². The maximum atomic E-state index is 12.7. The number of nitrogens with zero attached hydrogens (tertiary/aromatic N) is 3. The van der Waals surface area contributed by atoms with Crippen molar-refractivity contribution < 1.29 is 14.3 Å². The highest BCUT2D eigenvalue weighted by molar-refractivity contribution is 6.32. The third-order valence-electron chi connectivity index (χ3n) is 5.06. The van der Waals surface area contributed by atoms with E-state index in [-0.39, 0.29) is 5.91 Å². The van der Waals surface area contributed by atoms with Crippen LogP contribution in [0.1, 0.15) is 11.1 Å². The number of hydrogen-bond acceptors (Lipinski definition) is 5. The lowest BCUT2D eigenvalue weighted by atomic mass is 10.1. The van der Waals surface area contributed by atoms with Crippen molar-refractivity contribution in [2.24, 2.45) is 0 Å². The van der Waals surface area contributed by atoms with E-state index >= 15 is 0 Å². The van der Waals surface area contributed by atoms with Gasteiger partial charge in [-0.3, -0.25) is 14.5 Å². The fourth-order valence-electron chi connectivity index (χ4n) is 3.44. The first kappa shape index (κ1) is 23.1. The molecule has 1 N–H and O–H groups in total. The van der Waals surface area contributed by atoms with Gasteiger partial charge in [-0.25, -0.2) is 0 Å². The van der Waals surface area contributed by atoms with Crippen molar-refractivity contribution in [1.82, 2.24) is 14.8 Å². The Morgan fingerprint density at radius 3 is 2.59 bits per heavy atom. The molecule has 2 heterocycles. The predicted molar refractivity (Wildman–Crippen MR) is 133 cm³/mol. The minimum atomic E-state index is -0.340. The standard InChI is InChI=1S/C26H23ClN4O3/c1-33-23-14-24(34-2)22(13-21(23)27)29-25(32)11-10-20-17-31(16-18-7-4-3-5-8-18)30-26(20)19-9-6-12-28-15-19/h3-15,17H,16H2,1-2H3,(H,29,32)/b11-10+. The summed E-state index contributed by atoms with van der Waals surface area (Å²) in [6, 6.07) is 17.0. The molecular weight excluding hydrogens is 452 g/mol. The number of pyridine rings is 1. The van der Waals surface area contributed by atoms with Crippen molar-refractivity contribution in [2.45, 2.75) is 6.54 Å². The van der Waals surface area contributed by atoms with E-state index in [4.69, 9.17) is 26.2 Å². The SMILES string of the molecule is COc1cc(OC)c(NC(=O)/C=C/c2cn(Cc3ccccc3)nc2-c2cccnc2)cc1Cl. The molecular formula is C26H23ClN4O3. The number of carbonyl (C=O) groups excluding carboxylic acids is 1. The fraction of sp³-hybridized carbons (Fsp3) is 0.115. The zero-order chi connectivity index (χ0) is 23.9. The second-order valence-corrected chi connectivity index (χ2v) is 7.77. The summed E-state index contributed by atoms with van der Waals surface area (Å²) in [5.74, 6) is 0.557. The van der Waals surface area contributed by atoms with Gasteiger partial charge in [0.15, 0.2) is 0 Å². The minimum absolute atomic E-state index is 0.340. The van der Waals surface area contributed by atoms with Crippen LogP contribution in [0, 0.1) is 0 Å². The highest BCUT2D eigenvalue weighted by atomic mass is 35.5. The Kier molecular flexibility index (Phi) is 7.25. The summed E-state index contributed by atoms with van der Waals surface area (Å²) < 4.78 is 12.4. The van der Waals surface area contributed by atoms with Gasteiger partial charge in [0.05, 0.1) is 31.5 Å². The Balaban J connectivity index is 1.59. The highest BCUT2D eigenvalue weighted by Crippen LogP contribution is 2.36. The molecule has 4 rings (SSSR count). The molecule has 2 aromatic heterocycles. The fourth-order valence-corrected chi connectivity index (χ4v) is 3.68. The maximum Gasteiger partial charge on any atom is 0.248 e. The van der Waals surface area contributed by atoms with E-state index in [0.717, 1.165) is 22.4 Å². The number of benzene rings is 2. The Morgan fingerprint density at radius 1 is 1.09 bits per heavy atom. The van der Waals surface area contributed by atoms with E-state index in [1.807, 2.05) is 53.3 Å². The van der Waals surface area contributed by atoms with Crippen LogP contribution in [0.25, 0.3) is 17.3 Å². The number of methoxy groups -OCH3 is 2. The molecule has 8 heteroatoms. The van der Waals surface area contributed by atoms with E-state index in [0.29, 0.717) is 28.8 Å². The summed E-state index contributed by atoms with van der Waals surface area (Å²) in [6.45, 7) is 0.607. The highest BCUT2D eigenvalue weighted by Gasteiger charge is 2.13. The van der Waals surface area contributed by atoms with Crippen LogP contribution in [0.2, 0.25) is 5.02 Å². The zero-order valence-electron chi connectivity index (χ0n) is 18.7. The first-order valence-electron chi connectivity index (χ1n) is 10.5. The van der Waals surface area contributed by atoms with Gasteiger partial charge in [-0.2, -0.15) is 5.10 Å². The van der Waals surface area contributed by atoms with Crippen LogP contribution < -0.4 is 14.8 Å². The molecule has 0 bridgehead atoms. The quantitative estimate of drug-likeness (QED) is 0.350. The van der Waals surface area contributed by atoms with E-state index in [9.17, 15) is 4.79 Å². The van der Waals surface area contributed by atoms with Crippen molar-refractivity contribution >= 4 is 29.3 Å². The Morgan fingerprint density at radius 2 is 1.88 bits per heavy atom. The van der Waals surface area contributed by atoms with E-state index in [2.05, 4.69) is 10.3 Å². The van der Waals surface area contributed by atoms with Gasteiger partial charge in [0.25, 0.3) is 0 Å². The smallest absolute Gasteiger partial charge is 0.248 e. The topological polar surface area (TPSA) is 78.3 Å². The van der Waals surface area contributed by atoms with Crippen molar-refractivity contribution in [1.29, 1.82) is 0 Å². The number of halogens is 1. The monoisotopic (exact) mass is 474 g/mol. The van der Waals surface area contributed by atoms with Crippen molar-refractivity contribution in [3.63, 3.8) is 0 Å². The van der Waals surface area contributed by atoms with Crippen LogP contribution in [0.15, 0.2) is 79.3 Å². The van der Waals surface area contributed by atoms with Gasteiger partial charge in [-0.15, -0.1) is 0 Å². The van der Waals surface area contributed by atoms with Gasteiger partial charge in [-0.05, 0) is 29.8 Å². The number of anilines is 1. The van der Waals surface area contributed by atoms with Crippen LogP contribution in [-0.4, -0.2) is 34.9 Å². The second-order valence-electron chi connectivity index (χ2n) is 7.37. The van der Waals surface area contributed by atoms with E-state index in [1.54, 1.807) is 30.6 Å². The molecule has 0 aliphatic rings. The second kappa shape index (κ2) is 10.7. The molecule has 0 spiro atoms. The molecule has 0 fully saturated rings. The first-order valence-corrected chi connectivity index (χ1v) is 10.9. The number of nitrogens with one attached hydrogen (secondary N) is 1. The molecule has 0 unspecified atom stereocenters. The zero-order valence-corrected chi connectivity index (χ0v) is 19.5. The van der Waals surface area contributed by atoms with Crippen LogP contribution in [0.3, 0.4) is 0 Å². The lowest BCUT2D eigenvalue weighted by Crippen LogP contribution is -2.09. The number of ether oxygens (including phenoxy) is 2. The lowest BCUT2D eigenvalue weighted by molar-refractivity contribution is -0.111. The molecule has 0 radical (unpaired) electrons. The lowest BCUT2D eigenvalue weighted by Gasteiger charge is -2.12. The molecule has 4 aromatic rings. The average molecular weight is 475 g/mol. The Labute approximate surface area is 202 Å². The molecule has 0 atom stereocenters. The van der Waals surface area contributed by atoms with Gasteiger partial charge in [-0.1, -0.05) is 41.9 Å². The first-order chi connectivity index (χ1) is 16.6. The molecule has 0 saturated carbocycles. The molecule has 7 nitrogen and oxygen atoms in total. The number of amides is 1. The van der Waals surface area contributed by atoms with Crippen molar-refractivity contribution in [3.8, 4) is 22.8 Å². The van der Waals surface area contributed by atoms with Gasteiger partial charge >= 0.3 is 0 Å². The van der Waals surface area contributed by atoms with Gasteiger partial charge in [0, 0.05) is 41.9 Å². The third-order valence-corrected chi connectivity index (χ3v) is 5.35. The summed E-state index contributed by atoms with van der Waals surface area (Å²) in [5, 5.41) is 7.90. The minimum Gasteiger partial charge on any atom is -0.495 e. The van der Waals surface area contributed by atoms with Crippen LogP contribution in [-0.2, 0) is 11.3 Å². The molecule has 172 valence electrons. The van der Waals surface area contributed by atoms with E-state index < -0.39 is 0 Å².